The molecular weight excluding hydrogens is 444 g/mol. The van der Waals surface area contributed by atoms with Crippen molar-refractivity contribution < 1.29 is 14.3 Å². The van der Waals surface area contributed by atoms with Gasteiger partial charge in [0.05, 0.1) is 12.8 Å². The van der Waals surface area contributed by atoms with E-state index in [2.05, 4.69) is 5.32 Å². The first kappa shape index (κ1) is 22.0. The third-order valence-corrected chi connectivity index (χ3v) is 6.20. The summed E-state index contributed by atoms with van der Waals surface area (Å²) in [6.45, 7) is 3.97. The Kier molecular flexibility index (Phi) is 6.26. The lowest BCUT2D eigenvalue weighted by molar-refractivity contribution is -0.120. The van der Waals surface area contributed by atoms with Gasteiger partial charge in [-0.25, -0.2) is 4.90 Å². The number of nitrogens with zero attached hydrogens (tertiary/aromatic N) is 1. The van der Waals surface area contributed by atoms with E-state index < -0.39 is 11.8 Å². The van der Waals surface area contributed by atoms with E-state index in [0.29, 0.717) is 21.4 Å². The summed E-state index contributed by atoms with van der Waals surface area (Å²) in [5, 5.41) is 3.60. The predicted molar refractivity (Wildman–Crippen MR) is 129 cm³/mol. The van der Waals surface area contributed by atoms with Crippen LogP contribution < -0.4 is 15.0 Å². The maximum absolute atomic E-state index is 13.5. The highest BCUT2D eigenvalue weighted by molar-refractivity contribution is 8.04. The molecule has 0 spiro atoms. The van der Waals surface area contributed by atoms with Crippen LogP contribution in [0.3, 0.4) is 0 Å². The van der Waals surface area contributed by atoms with Gasteiger partial charge in [0.1, 0.15) is 16.4 Å². The van der Waals surface area contributed by atoms with E-state index in [1.165, 1.54) is 18.9 Å². The lowest BCUT2D eigenvalue weighted by Crippen LogP contribution is -2.32. The molecule has 0 saturated carbocycles. The molecule has 162 valence electrons. The molecule has 5 nitrogen and oxygen atoms in total. The number of hydrogen-bond donors (Lipinski definition) is 1. The minimum absolute atomic E-state index is 0.218. The summed E-state index contributed by atoms with van der Waals surface area (Å²) in [6.07, 6.45) is 0. The maximum atomic E-state index is 13.5. The molecule has 3 aromatic carbocycles. The second-order valence-electron chi connectivity index (χ2n) is 7.38. The number of ether oxygens (including phenoxy) is 1. The van der Waals surface area contributed by atoms with Crippen molar-refractivity contribution in [2.45, 2.75) is 18.7 Å². The van der Waals surface area contributed by atoms with Gasteiger partial charge in [0, 0.05) is 15.6 Å². The Hall–Kier alpha value is -3.22. The Morgan fingerprint density at radius 1 is 0.906 bits per heavy atom. The van der Waals surface area contributed by atoms with E-state index in [1.54, 1.807) is 18.2 Å². The number of carbonyl (C=O) groups is 2. The van der Waals surface area contributed by atoms with E-state index in [1.807, 2.05) is 62.4 Å². The van der Waals surface area contributed by atoms with Gasteiger partial charge in [0.15, 0.2) is 0 Å². The topological polar surface area (TPSA) is 58.6 Å². The summed E-state index contributed by atoms with van der Waals surface area (Å²) in [5.74, 6) is -0.516. The van der Waals surface area contributed by atoms with E-state index in [9.17, 15) is 9.59 Å². The molecule has 0 aliphatic carbocycles. The lowest BCUT2D eigenvalue weighted by Gasteiger charge is -2.18. The average molecular weight is 465 g/mol. The van der Waals surface area contributed by atoms with Crippen LogP contribution in [0.1, 0.15) is 11.1 Å². The number of benzene rings is 3. The van der Waals surface area contributed by atoms with Crippen molar-refractivity contribution in [1.82, 2.24) is 0 Å². The fourth-order valence-corrected chi connectivity index (χ4v) is 4.68. The number of nitrogens with one attached hydrogen (secondary N) is 1. The van der Waals surface area contributed by atoms with Gasteiger partial charge < -0.3 is 10.1 Å². The average Bonchev–Trinajstić information content (AvgIpc) is 2.97. The van der Waals surface area contributed by atoms with Crippen LogP contribution in [0.15, 0.2) is 82.2 Å². The molecule has 0 bridgehead atoms. The number of halogens is 1. The molecule has 0 atom stereocenters. The summed E-state index contributed by atoms with van der Waals surface area (Å²) in [4.78, 5) is 29.3. The van der Waals surface area contributed by atoms with Gasteiger partial charge in [-0.3, -0.25) is 9.59 Å². The quantitative estimate of drug-likeness (QED) is 0.456. The Morgan fingerprint density at radius 3 is 2.25 bits per heavy atom. The third-order valence-electron chi connectivity index (χ3n) is 4.88. The van der Waals surface area contributed by atoms with Crippen molar-refractivity contribution in [2.24, 2.45) is 0 Å². The van der Waals surface area contributed by atoms with Crippen LogP contribution in [-0.4, -0.2) is 18.9 Å². The highest BCUT2D eigenvalue weighted by Gasteiger charge is 2.41. The Bertz CT molecular complexity index is 1220. The van der Waals surface area contributed by atoms with E-state index in [4.69, 9.17) is 16.3 Å². The summed E-state index contributed by atoms with van der Waals surface area (Å²) in [5.41, 5.74) is 3.37. The maximum Gasteiger partial charge on any atom is 0.283 e. The number of amides is 2. The Labute approximate surface area is 196 Å². The number of carbonyl (C=O) groups excluding carboxylic acids is 2. The molecule has 1 aliphatic heterocycles. The summed E-state index contributed by atoms with van der Waals surface area (Å²) >= 11 is 7.42. The van der Waals surface area contributed by atoms with Crippen molar-refractivity contribution in [1.29, 1.82) is 0 Å². The van der Waals surface area contributed by atoms with Crippen LogP contribution in [0.4, 0.5) is 11.4 Å². The van der Waals surface area contributed by atoms with Crippen LogP contribution in [0.2, 0.25) is 5.02 Å². The number of thioether (sulfide) groups is 1. The number of methoxy groups -OCH3 is 1. The molecule has 1 N–H and O–H groups in total. The van der Waals surface area contributed by atoms with Gasteiger partial charge in [-0.2, -0.15) is 0 Å². The molecule has 0 saturated heterocycles. The molecule has 3 aromatic rings. The van der Waals surface area contributed by atoms with Gasteiger partial charge in [0.25, 0.3) is 11.8 Å². The van der Waals surface area contributed by atoms with Crippen molar-refractivity contribution >= 4 is 46.6 Å². The van der Waals surface area contributed by atoms with Crippen molar-refractivity contribution in [3.05, 3.63) is 93.5 Å². The molecular formula is C25H21ClN2O3S. The number of anilines is 2. The number of imide groups is 1. The summed E-state index contributed by atoms with van der Waals surface area (Å²) in [7, 11) is 1.49. The van der Waals surface area contributed by atoms with Gasteiger partial charge in [0.2, 0.25) is 0 Å². The van der Waals surface area contributed by atoms with Crippen molar-refractivity contribution in [3.8, 4) is 5.75 Å². The Balaban J connectivity index is 1.80. The Morgan fingerprint density at radius 2 is 1.59 bits per heavy atom. The second kappa shape index (κ2) is 9.10. The zero-order valence-corrected chi connectivity index (χ0v) is 19.4. The summed E-state index contributed by atoms with van der Waals surface area (Å²) < 4.78 is 5.40. The molecule has 1 aliphatic rings. The first-order valence-electron chi connectivity index (χ1n) is 9.92. The molecule has 4 rings (SSSR count). The lowest BCUT2D eigenvalue weighted by atomic mass is 10.1. The van der Waals surface area contributed by atoms with Gasteiger partial charge >= 0.3 is 0 Å². The zero-order valence-electron chi connectivity index (χ0n) is 17.8. The predicted octanol–water partition coefficient (Wildman–Crippen LogP) is 5.95. The molecule has 0 radical (unpaired) electrons. The van der Waals surface area contributed by atoms with Crippen LogP contribution in [-0.2, 0) is 9.59 Å². The van der Waals surface area contributed by atoms with Crippen LogP contribution in [0.25, 0.3) is 0 Å². The molecule has 0 aromatic heterocycles. The number of aryl methyl sites for hydroxylation is 2. The molecule has 32 heavy (non-hydrogen) atoms. The highest BCUT2D eigenvalue weighted by atomic mass is 35.5. The zero-order chi connectivity index (χ0) is 22.8. The minimum Gasteiger partial charge on any atom is -0.495 e. The molecule has 7 heteroatoms. The minimum atomic E-state index is -0.465. The van der Waals surface area contributed by atoms with E-state index >= 15 is 0 Å². The fourth-order valence-electron chi connectivity index (χ4n) is 3.57. The standard InChI is InChI=1S/C25H21ClN2O3S/c1-15-11-16(2)13-18(12-15)27-22-23(32-19-7-5-4-6-8-19)25(30)28(24(22)29)20-14-17(26)9-10-21(20)31-3/h4-14,27H,1-3H3. The largest absolute Gasteiger partial charge is 0.495 e. The van der Waals surface area contributed by atoms with Crippen LogP contribution >= 0.6 is 23.4 Å². The molecule has 2 amide bonds. The monoisotopic (exact) mass is 464 g/mol. The van der Waals surface area contributed by atoms with Crippen molar-refractivity contribution in [3.63, 3.8) is 0 Å². The van der Waals surface area contributed by atoms with Crippen molar-refractivity contribution in [2.75, 3.05) is 17.3 Å². The molecule has 0 fully saturated rings. The van der Waals surface area contributed by atoms with Crippen LogP contribution in [0, 0.1) is 13.8 Å². The van der Waals surface area contributed by atoms with E-state index in [0.717, 1.165) is 26.6 Å². The molecule has 1 heterocycles. The smallest absolute Gasteiger partial charge is 0.283 e. The third kappa shape index (κ3) is 4.38. The van der Waals surface area contributed by atoms with Gasteiger partial charge in [-0.15, -0.1) is 0 Å². The first-order valence-corrected chi connectivity index (χ1v) is 11.1. The number of rotatable bonds is 6. The summed E-state index contributed by atoms with van der Waals surface area (Å²) in [6, 6.07) is 20.2. The van der Waals surface area contributed by atoms with E-state index in [-0.39, 0.29) is 5.70 Å². The highest BCUT2D eigenvalue weighted by Crippen LogP contribution is 2.41. The first-order chi connectivity index (χ1) is 15.4. The van der Waals surface area contributed by atoms with Gasteiger partial charge in [-0.1, -0.05) is 47.6 Å². The fraction of sp³-hybridized carbons (Fsp3) is 0.120. The van der Waals surface area contributed by atoms with Gasteiger partial charge in [-0.05, 0) is 67.4 Å². The second-order valence-corrected chi connectivity index (χ2v) is 8.90. The van der Waals surface area contributed by atoms with Crippen LogP contribution in [0.5, 0.6) is 5.75 Å². The SMILES string of the molecule is COc1ccc(Cl)cc1N1C(=O)C(Nc2cc(C)cc(C)c2)=C(Sc2ccccc2)C1=O. The number of hydrogen-bond acceptors (Lipinski definition) is 5. The normalized spacial score (nSPS) is 13.7. The molecule has 0 unspecified atom stereocenters.